The number of nitrogens with zero attached hydrogens (tertiary/aromatic N) is 8. The van der Waals surface area contributed by atoms with E-state index in [0.29, 0.717) is 47.1 Å². The Bertz CT molecular complexity index is 1710. The molecule has 0 aliphatic rings. The van der Waals surface area contributed by atoms with Crippen LogP contribution in [0.25, 0.3) is 22.3 Å². The van der Waals surface area contributed by atoms with E-state index >= 15 is 0 Å². The average Bonchev–Trinajstić information content (AvgIpc) is 3.69. The van der Waals surface area contributed by atoms with Gasteiger partial charge in [-0.25, -0.2) is 29.9 Å². The number of alkyl halides is 24. The largest absolute Gasteiger partial charge is 0.423 e. The predicted octanol–water partition coefficient (Wildman–Crippen LogP) is 5.72. The maximum atomic E-state index is 11.0. The molecule has 0 atom stereocenters. The number of fused-ring (bicyclic) bond motifs is 2. The van der Waals surface area contributed by atoms with Crippen LogP contribution < -0.4 is 11.5 Å². The first-order valence-corrected chi connectivity index (χ1v) is 14.4. The van der Waals surface area contributed by atoms with Crippen LogP contribution in [-0.4, -0.2) is 133 Å². The van der Waals surface area contributed by atoms with E-state index in [1.807, 2.05) is 9.13 Å². The Morgan fingerprint density at radius 2 is 0.565 bits per heavy atom. The lowest BCUT2D eigenvalue weighted by Crippen LogP contribution is -2.41. The maximum Gasteiger partial charge on any atom is 0.423 e. The molecule has 8 N–H and O–H groups in total. The first kappa shape index (κ1) is 56.9. The summed E-state index contributed by atoms with van der Waals surface area (Å²) in [7, 11) is 0. The number of hydrogen-bond acceptors (Lipinski definition) is 12. The number of nitrogen functional groups attached to an aromatic ring is 2. The van der Waals surface area contributed by atoms with Gasteiger partial charge in [-0.1, -0.05) is 0 Å². The quantitative estimate of drug-likeness (QED) is 0.136. The smallest absolute Gasteiger partial charge is 0.382 e. The van der Waals surface area contributed by atoms with Crippen molar-refractivity contribution in [1.82, 2.24) is 39.0 Å². The molecule has 14 nitrogen and oxygen atoms in total. The summed E-state index contributed by atoms with van der Waals surface area (Å²) in [5.74, 6) is 0.745. The van der Waals surface area contributed by atoms with Gasteiger partial charge in [0.25, 0.3) is 0 Å². The maximum absolute atomic E-state index is 11.0. The number of nitrogens with two attached hydrogens (primary N) is 2. The fourth-order valence-corrected chi connectivity index (χ4v) is 3.08. The Morgan fingerprint density at radius 3 is 0.726 bits per heavy atom. The van der Waals surface area contributed by atoms with E-state index in [9.17, 15) is 105 Å². The van der Waals surface area contributed by atoms with Crippen molar-refractivity contribution in [2.24, 2.45) is 0 Å². The van der Waals surface area contributed by atoms with Crippen molar-refractivity contribution in [2.45, 2.75) is 86.9 Å². The first-order chi connectivity index (χ1) is 27.4. The molecule has 0 bridgehead atoms. The Balaban J connectivity index is 0.000000804. The molecule has 62 heavy (non-hydrogen) atoms. The van der Waals surface area contributed by atoms with Gasteiger partial charge in [0.2, 0.25) is 24.4 Å². The van der Waals surface area contributed by atoms with Crippen LogP contribution in [0.4, 0.5) is 117 Å². The van der Waals surface area contributed by atoms with Crippen molar-refractivity contribution in [3.63, 3.8) is 0 Å². The predicted molar refractivity (Wildman–Crippen MR) is 152 cm³/mol. The van der Waals surface area contributed by atoms with Gasteiger partial charge in [0.15, 0.2) is 22.9 Å². The number of hydrogen-bond donors (Lipinski definition) is 6. The molecule has 0 amide bonds. The lowest BCUT2D eigenvalue weighted by molar-refractivity contribution is -0.309. The van der Waals surface area contributed by atoms with Crippen LogP contribution in [0.1, 0.15) is 0 Å². The number of rotatable bonds is 3. The van der Waals surface area contributed by atoms with Gasteiger partial charge in [-0.15, -0.1) is 0 Å². The molecule has 0 aromatic carbocycles. The van der Waals surface area contributed by atoms with Crippen LogP contribution in [0.3, 0.4) is 0 Å². The van der Waals surface area contributed by atoms with Crippen LogP contribution in [0.15, 0.2) is 25.3 Å². The standard InChI is InChI=1S/C12H12N10.4C3H2F6O/c13-9-7-11(17-3-15-9)21(5-19-7)1-2-22-6-20-8-10(14)16-4-18-12(8)22;4*4-2(5,6)1(10)3(7,8)9/h3-6H,1-2H2,(H2,13,15,17)(H2,14,16,18);4*1,10H. The van der Waals surface area contributed by atoms with Gasteiger partial charge in [-0.3, -0.25) is 0 Å². The summed E-state index contributed by atoms with van der Waals surface area (Å²) in [6, 6.07) is 0. The normalized spacial score (nSPS) is 13.4. The Kier molecular flexibility index (Phi) is 18.7. The van der Waals surface area contributed by atoms with Gasteiger partial charge in [-0.05, 0) is 0 Å². The Morgan fingerprint density at radius 1 is 0.371 bits per heavy atom. The molecule has 4 heterocycles. The van der Waals surface area contributed by atoms with Crippen molar-refractivity contribution in [1.29, 1.82) is 0 Å². The summed E-state index contributed by atoms with van der Waals surface area (Å²) in [6.45, 7) is 1.28. The molecule has 38 heteroatoms. The molecule has 4 rings (SSSR count). The van der Waals surface area contributed by atoms with Crippen LogP contribution in [0.5, 0.6) is 0 Å². The highest BCUT2D eigenvalue weighted by molar-refractivity contribution is 5.81. The molecule has 0 spiro atoms. The van der Waals surface area contributed by atoms with Gasteiger partial charge < -0.3 is 41.0 Å². The fourth-order valence-electron chi connectivity index (χ4n) is 3.08. The van der Waals surface area contributed by atoms with Gasteiger partial charge in [-0.2, -0.15) is 105 Å². The highest BCUT2D eigenvalue weighted by Crippen LogP contribution is 2.35. The third-order valence-electron chi connectivity index (χ3n) is 5.92. The minimum Gasteiger partial charge on any atom is -0.382 e. The van der Waals surface area contributed by atoms with Gasteiger partial charge in [0, 0.05) is 13.1 Å². The molecule has 0 saturated carbocycles. The summed E-state index contributed by atoms with van der Waals surface area (Å²) < 4.78 is 267. The second-order valence-electron chi connectivity index (χ2n) is 10.7. The first-order valence-electron chi connectivity index (χ1n) is 14.4. The minimum atomic E-state index is -5.63. The SMILES string of the molecule is Nc1ncnc2c1ncn2CCn1cnc2c(N)ncnc21.OC(C(F)(F)F)C(F)(F)F.OC(C(F)(F)F)C(F)(F)F.OC(C(F)(F)F)C(F)(F)F.OC(C(F)(F)F)C(F)(F)F. The number of anilines is 2. The van der Waals surface area contributed by atoms with Crippen LogP contribution in [0.2, 0.25) is 0 Å². The van der Waals surface area contributed by atoms with Crippen molar-refractivity contribution in [3.05, 3.63) is 25.3 Å². The number of halogens is 24. The van der Waals surface area contributed by atoms with E-state index in [0.717, 1.165) is 0 Å². The summed E-state index contributed by atoms with van der Waals surface area (Å²) in [4.78, 5) is 24.8. The topological polar surface area (TPSA) is 220 Å². The van der Waals surface area contributed by atoms with E-state index in [1.54, 1.807) is 12.7 Å². The van der Waals surface area contributed by atoms with Crippen molar-refractivity contribution in [2.75, 3.05) is 11.5 Å². The molecule has 4 aromatic heterocycles. The van der Waals surface area contributed by atoms with Crippen LogP contribution in [0, 0.1) is 0 Å². The van der Waals surface area contributed by atoms with Gasteiger partial charge in [0.05, 0.1) is 12.7 Å². The van der Waals surface area contributed by atoms with E-state index in [2.05, 4.69) is 29.9 Å². The monoisotopic (exact) mass is 968 g/mol. The van der Waals surface area contributed by atoms with E-state index in [1.165, 1.54) is 12.7 Å². The third-order valence-corrected chi connectivity index (χ3v) is 5.92. The number of aliphatic hydroxyl groups excluding tert-OH is 4. The van der Waals surface area contributed by atoms with E-state index in [-0.39, 0.29) is 0 Å². The van der Waals surface area contributed by atoms with Crippen molar-refractivity contribution < 1.29 is 126 Å². The molecule has 0 fully saturated rings. The Hall–Kier alpha value is -5.14. The van der Waals surface area contributed by atoms with Crippen LogP contribution in [-0.2, 0) is 13.1 Å². The molecular formula is C24H20F24N10O4. The van der Waals surface area contributed by atoms with E-state index < -0.39 is 73.8 Å². The highest BCUT2D eigenvalue weighted by Gasteiger charge is 2.58. The van der Waals surface area contributed by atoms with Gasteiger partial charge >= 0.3 is 49.4 Å². The number of imidazole rings is 2. The lowest BCUT2D eigenvalue weighted by Gasteiger charge is -2.16. The average molecular weight is 968 g/mol. The van der Waals surface area contributed by atoms with Gasteiger partial charge in [0.1, 0.15) is 23.7 Å². The van der Waals surface area contributed by atoms with Crippen LogP contribution >= 0.6 is 0 Å². The van der Waals surface area contributed by atoms with Crippen molar-refractivity contribution in [3.8, 4) is 0 Å². The Labute approximate surface area is 323 Å². The molecule has 4 aromatic rings. The zero-order chi connectivity index (χ0) is 49.4. The molecule has 0 aliphatic heterocycles. The summed E-state index contributed by atoms with van der Waals surface area (Å²) >= 11 is 0. The molecule has 358 valence electrons. The summed E-state index contributed by atoms with van der Waals surface area (Å²) in [5.41, 5.74) is 14.2. The molecule has 0 aliphatic carbocycles. The molecule has 0 radical (unpaired) electrons. The number of aliphatic hydroxyl groups is 4. The minimum absolute atomic E-state index is 0.373. The summed E-state index contributed by atoms with van der Waals surface area (Å²) in [6.07, 6.45) is -55.7. The van der Waals surface area contributed by atoms with E-state index in [4.69, 9.17) is 31.9 Å². The molecule has 0 saturated heterocycles. The number of aromatic nitrogens is 8. The second-order valence-corrected chi connectivity index (χ2v) is 10.7. The molecule has 0 unspecified atom stereocenters. The zero-order valence-electron chi connectivity index (χ0n) is 28.6. The summed E-state index contributed by atoms with van der Waals surface area (Å²) in [5, 5.41) is 29.9. The highest BCUT2D eigenvalue weighted by atomic mass is 19.4. The zero-order valence-corrected chi connectivity index (χ0v) is 28.6. The van der Waals surface area contributed by atoms with Crippen molar-refractivity contribution >= 4 is 34.0 Å². The lowest BCUT2D eigenvalue weighted by atomic mass is 10.3. The second kappa shape index (κ2) is 20.4. The number of aryl methyl sites for hydroxylation is 2. The third kappa shape index (κ3) is 18.1. The molecular weight excluding hydrogens is 948 g/mol. The fraction of sp³-hybridized carbons (Fsp3) is 0.583.